The third kappa shape index (κ3) is 2.91. The smallest absolute Gasteiger partial charge is 0.343 e. The zero-order valence-corrected chi connectivity index (χ0v) is 13.5. The van der Waals surface area contributed by atoms with Crippen molar-refractivity contribution in [2.24, 2.45) is 0 Å². The lowest BCUT2D eigenvalue weighted by Crippen LogP contribution is -2.10. The molecule has 3 rings (SSSR count). The highest BCUT2D eigenvalue weighted by Crippen LogP contribution is 2.33. The number of benzene rings is 1. The number of aryl methyl sites for hydroxylation is 1. The van der Waals surface area contributed by atoms with Gasteiger partial charge < -0.3 is 10.2 Å². The lowest BCUT2D eigenvalue weighted by molar-refractivity contribution is -0.140. The largest absolute Gasteiger partial charge is 0.477 e. The Balaban J connectivity index is 2.12. The number of rotatable bonds is 5. The van der Waals surface area contributed by atoms with Crippen molar-refractivity contribution in [3.63, 3.8) is 0 Å². The van der Waals surface area contributed by atoms with Crippen LogP contribution in [0.15, 0.2) is 23.8 Å². The Hall–Kier alpha value is -2.63. The van der Waals surface area contributed by atoms with Gasteiger partial charge in [-0.2, -0.15) is 5.10 Å². The van der Waals surface area contributed by atoms with Crippen LogP contribution in [-0.4, -0.2) is 31.9 Å². The summed E-state index contributed by atoms with van der Waals surface area (Å²) in [4.78, 5) is 22.1. The molecule has 1 fully saturated rings. The zero-order valence-electron chi connectivity index (χ0n) is 13.5. The Kier molecular flexibility index (Phi) is 4.38. The number of fused-ring (bicyclic) bond motifs is 1. The molecule has 1 aromatic heterocycles. The second-order valence-corrected chi connectivity index (χ2v) is 6.13. The highest BCUT2D eigenvalue weighted by molar-refractivity contribution is 6.16. The molecule has 1 aliphatic carbocycles. The summed E-state index contributed by atoms with van der Waals surface area (Å²) in [5.41, 5.74) is 1.88. The van der Waals surface area contributed by atoms with Crippen LogP contribution in [0.1, 0.15) is 49.9 Å². The highest BCUT2D eigenvalue weighted by atomic mass is 16.4. The van der Waals surface area contributed by atoms with Gasteiger partial charge in [0.15, 0.2) is 0 Å². The fraction of sp³-hybridized carbons (Fsp3) is 0.389. The predicted octanol–water partition coefficient (Wildman–Crippen LogP) is 3.27. The number of hydrogen-bond donors (Lipinski definition) is 2. The van der Waals surface area contributed by atoms with Crippen molar-refractivity contribution in [1.29, 1.82) is 0 Å². The van der Waals surface area contributed by atoms with Crippen LogP contribution in [0.5, 0.6) is 0 Å². The monoisotopic (exact) mass is 328 g/mol. The van der Waals surface area contributed by atoms with Crippen molar-refractivity contribution in [2.45, 2.75) is 45.1 Å². The molecule has 0 bridgehead atoms. The lowest BCUT2D eigenvalue weighted by Gasteiger charge is -2.11. The molecule has 6 heteroatoms. The molecule has 0 atom stereocenters. The molecule has 0 unspecified atom stereocenters. The third-order valence-corrected chi connectivity index (χ3v) is 4.59. The van der Waals surface area contributed by atoms with E-state index in [2.05, 4.69) is 6.92 Å². The van der Waals surface area contributed by atoms with Crippen molar-refractivity contribution in [1.82, 2.24) is 9.78 Å². The fourth-order valence-corrected chi connectivity index (χ4v) is 3.38. The number of carboxylic acid groups (broad SMARTS) is 2. The summed E-state index contributed by atoms with van der Waals surface area (Å²) in [6, 6.07) is 5.85. The second-order valence-electron chi connectivity index (χ2n) is 6.13. The van der Waals surface area contributed by atoms with Crippen molar-refractivity contribution in [3.05, 3.63) is 35.0 Å². The van der Waals surface area contributed by atoms with E-state index in [0.717, 1.165) is 35.9 Å². The van der Waals surface area contributed by atoms with Gasteiger partial charge in [-0.05, 0) is 37.0 Å². The van der Waals surface area contributed by atoms with Crippen LogP contribution >= 0.6 is 0 Å². The first kappa shape index (κ1) is 16.2. The molecule has 2 aromatic rings. The van der Waals surface area contributed by atoms with Crippen molar-refractivity contribution < 1.29 is 19.8 Å². The maximum Gasteiger partial charge on any atom is 0.343 e. The van der Waals surface area contributed by atoms with E-state index < -0.39 is 17.5 Å². The molecule has 2 N–H and O–H groups in total. The molecule has 1 aliphatic rings. The quantitative estimate of drug-likeness (QED) is 0.499. The van der Waals surface area contributed by atoms with Crippen LogP contribution in [0.2, 0.25) is 0 Å². The molecule has 0 radical (unpaired) electrons. The topological polar surface area (TPSA) is 92.4 Å². The molecule has 0 amide bonds. The average Bonchev–Trinajstić information content (AvgIpc) is 3.18. The molecule has 1 aromatic carbocycles. The first-order valence-corrected chi connectivity index (χ1v) is 8.20. The Morgan fingerprint density at radius 3 is 2.50 bits per heavy atom. The first-order chi connectivity index (χ1) is 11.5. The molecular weight excluding hydrogens is 308 g/mol. The summed E-state index contributed by atoms with van der Waals surface area (Å²) in [6.07, 6.45) is 6.58. The Labute approximate surface area is 139 Å². The van der Waals surface area contributed by atoms with E-state index in [-0.39, 0.29) is 0 Å². The van der Waals surface area contributed by atoms with Crippen LogP contribution in [0, 0.1) is 0 Å². The van der Waals surface area contributed by atoms with Crippen LogP contribution in [0.25, 0.3) is 17.0 Å². The minimum Gasteiger partial charge on any atom is -0.477 e. The maximum atomic E-state index is 11.1. The normalized spacial score (nSPS) is 14.9. The fourth-order valence-electron chi connectivity index (χ4n) is 3.38. The number of nitrogens with zero attached hydrogens (tertiary/aromatic N) is 2. The van der Waals surface area contributed by atoms with E-state index in [1.54, 1.807) is 6.07 Å². The predicted molar refractivity (Wildman–Crippen MR) is 89.9 cm³/mol. The van der Waals surface area contributed by atoms with Gasteiger partial charge in [-0.3, -0.25) is 4.68 Å². The van der Waals surface area contributed by atoms with Gasteiger partial charge in [0.25, 0.3) is 0 Å². The van der Waals surface area contributed by atoms with Crippen LogP contribution in [-0.2, 0) is 16.0 Å². The molecule has 24 heavy (non-hydrogen) atoms. The zero-order chi connectivity index (χ0) is 17.3. The lowest BCUT2D eigenvalue weighted by atomic mass is 10.1. The number of aliphatic carboxylic acids is 2. The van der Waals surface area contributed by atoms with Gasteiger partial charge >= 0.3 is 11.9 Å². The minimum atomic E-state index is -1.44. The van der Waals surface area contributed by atoms with Gasteiger partial charge in [-0.15, -0.1) is 0 Å². The number of carboxylic acids is 2. The van der Waals surface area contributed by atoms with E-state index in [0.29, 0.717) is 11.6 Å². The van der Waals surface area contributed by atoms with Crippen molar-refractivity contribution >= 4 is 28.9 Å². The van der Waals surface area contributed by atoms with E-state index in [9.17, 15) is 9.59 Å². The average molecular weight is 328 g/mol. The summed E-state index contributed by atoms with van der Waals surface area (Å²) >= 11 is 0. The molecule has 1 saturated carbocycles. The summed E-state index contributed by atoms with van der Waals surface area (Å²) in [5, 5.41) is 23.8. The summed E-state index contributed by atoms with van der Waals surface area (Å²) < 4.78 is 2.04. The van der Waals surface area contributed by atoms with Gasteiger partial charge in [0.1, 0.15) is 5.57 Å². The molecule has 0 saturated heterocycles. The molecule has 6 nitrogen and oxygen atoms in total. The maximum absolute atomic E-state index is 11.1. The van der Waals surface area contributed by atoms with Gasteiger partial charge in [-0.1, -0.05) is 31.9 Å². The van der Waals surface area contributed by atoms with E-state index >= 15 is 0 Å². The van der Waals surface area contributed by atoms with Crippen LogP contribution < -0.4 is 0 Å². The van der Waals surface area contributed by atoms with Crippen LogP contribution in [0.4, 0.5) is 0 Å². The number of aromatic nitrogens is 2. The molecule has 1 heterocycles. The van der Waals surface area contributed by atoms with Crippen molar-refractivity contribution in [2.75, 3.05) is 0 Å². The standard InChI is InChI=1S/C18H20N2O4/c1-2-15-13-8-7-11(9-14(17(21)22)18(23)24)10-16(13)20(19-15)12-5-3-4-6-12/h7-10,12H,2-6H2,1H3,(H,21,22)(H,23,24). The highest BCUT2D eigenvalue weighted by Gasteiger charge is 2.22. The summed E-state index contributed by atoms with van der Waals surface area (Å²) in [6.45, 7) is 2.06. The SMILES string of the molecule is CCc1nn(C2CCCC2)c2cc(C=C(C(=O)O)C(=O)O)ccc12. The van der Waals surface area contributed by atoms with Gasteiger partial charge in [0, 0.05) is 5.39 Å². The molecular formula is C18H20N2O4. The first-order valence-electron chi connectivity index (χ1n) is 8.20. The number of carbonyl (C=O) groups is 2. The minimum absolute atomic E-state index is 0.366. The molecule has 126 valence electrons. The molecule has 0 spiro atoms. The van der Waals surface area contributed by atoms with E-state index in [1.807, 2.05) is 16.8 Å². The summed E-state index contributed by atoms with van der Waals surface area (Å²) in [7, 11) is 0. The Morgan fingerprint density at radius 1 is 1.25 bits per heavy atom. The van der Waals surface area contributed by atoms with Gasteiger partial charge in [-0.25, -0.2) is 9.59 Å². The third-order valence-electron chi connectivity index (χ3n) is 4.59. The summed E-state index contributed by atoms with van der Waals surface area (Å²) in [5.74, 6) is -2.89. The molecule has 0 aliphatic heterocycles. The van der Waals surface area contributed by atoms with E-state index in [1.165, 1.54) is 18.9 Å². The Morgan fingerprint density at radius 2 is 1.92 bits per heavy atom. The van der Waals surface area contributed by atoms with Crippen LogP contribution in [0.3, 0.4) is 0 Å². The van der Waals surface area contributed by atoms with E-state index in [4.69, 9.17) is 15.3 Å². The number of hydrogen-bond acceptors (Lipinski definition) is 3. The van der Waals surface area contributed by atoms with Gasteiger partial charge in [0.2, 0.25) is 0 Å². The second kappa shape index (κ2) is 6.47. The van der Waals surface area contributed by atoms with Crippen molar-refractivity contribution in [3.8, 4) is 0 Å². The van der Waals surface area contributed by atoms with Gasteiger partial charge in [0.05, 0.1) is 17.3 Å². The Bertz CT molecular complexity index is 813.